The van der Waals surface area contributed by atoms with Crippen molar-refractivity contribution in [2.45, 2.75) is 0 Å². The van der Waals surface area contributed by atoms with Gasteiger partial charge >= 0.3 is 5.97 Å². The van der Waals surface area contributed by atoms with Gasteiger partial charge in [-0.3, -0.25) is 0 Å². The van der Waals surface area contributed by atoms with E-state index in [1.165, 1.54) is 6.26 Å². The van der Waals surface area contributed by atoms with Crippen LogP contribution in [-0.2, 0) is 0 Å². The minimum absolute atomic E-state index is 0.0116. The highest BCUT2D eigenvalue weighted by Crippen LogP contribution is 2.24. The molecular formula is C9H5BrO3. The molecule has 1 heterocycles. The first-order chi connectivity index (χ1) is 6.18. The molecule has 0 aliphatic carbocycles. The summed E-state index contributed by atoms with van der Waals surface area (Å²) >= 11 is 3.29. The van der Waals surface area contributed by atoms with Crippen LogP contribution in [0.25, 0.3) is 10.8 Å². The van der Waals surface area contributed by atoms with E-state index < -0.39 is 5.97 Å². The Labute approximate surface area is 82.1 Å². The largest absolute Gasteiger partial charge is 0.475 e. The second-order valence-electron chi connectivity index (χ2n) is 2.60. The lowest BCUT2D eigenvalue weighted by Gasteiger charge is -1.90. The van der Waals surface area contributed by atoms with Crippen LogP contribution in [0.5, 0.6) is 0 Å². The van der Waals surface area contributed by atoms with Crippen molar-refractivity contribution in [3.05, 3.63) is 34.7 Å². The van der Waals surface area contributed by atoms with E-state index in [2.05, 4.69) is 15.9 Å². The lowest BCUT2D eigenvalue weighted by Crippen LogP contribution is -1.93. The number of hydrogen-bond acceptors (Lipinski definition) is 2. The van der Waals surface area contributed by atoms with Crippen molar-refractivity contribution in [2.24, 2.45) is 0 Å². The molecule has 0 amide bonds. The van der Waals surface area contributed by atoms with E-state index in [4.69, 9.17) is 9.52 Å². The minimum atomic E-state index is -1.04. The number of carboxylic acids is 1. The molecule has 1 N–H and O–H groups in total. The molecule has 3 nitrogen and oxygen atoms in total. The van der Waals surface area contributed by atoms with Crippen LogP contribution in [0.4, 0.5) is 0 Å². The highest BCUT2D eigenvalue weighted by atomic mass is 79.9. The Morgan fingerprint density at radius 1 is 1.46 bits per heavy atom. The van der Waals surface area contributed by atoms with E-state index in [0.717, 1.165) is 9.86 Å². The van der Waals surface area contributed by atoms with E-state index in [1.807, 2.05) is 6.07 Å². The zero-order chi connectivity index (χ0) is 9.42. The molecule has 13 heavy (non-hydrogen) atoms. The second-order valence-corrected chi connectivity index (χ2v) is 3.52. The first-order valence-corrected chi connectivity index (χ1v) is 4.38. The van der Waals surface area contributed by atoms with E-state index in [0.29, 0.717) is 5.39 Å². The van der Waals surface area contributed by atoms with Crippen molar-refractivity contribution < 1.29 is 14.3 Å². The summed E-state index contributed by atoms with van der Waals surface area (Å²) in [4.78, 5) is 10.7. The van der Waals surface area contributed by atoms with Crippen LogP contribution in [0, 0.1) is 0 Å². The molecule has 1 aromatic heterocycles. The average Bonchev–Trinajstić information content (AvgIpc) is 2.46. The van der Waals surface area contributed by atoms with E-state index in [-0.39, 0.29) is 5.76 Å². The summed E-state index contributed by atoms with van der Waals surface area (Å²) in [7, 11) is 0. The van der Waals surface area contributed by atoms with Gasteiger partial charge in [-0.2, -0.15) is 0 Å². The molecule has 0 saturated heterocycles. The van der Waals surface area contributed by atoms with Gasteiger partial charge in [-0.05, 0) is 18.2 Å². The first-order valence-electron chi connectivity index (χ1n) is 3.58. The fourth-order valence-corrected chi connectivity index (χ4v) is 1.57. The van der Waals surface area contributed by atoms with Gasteiger partial charge in [-0.1, -0.05) is 15.9 Å². The highest BCUT2D eigenvalue weighted by molar-refractivity contribution is 9.10. The van der Waals surface area contributed by atoms with Crippen LogP contribution >= 0.6 is 15.9 Å². The molecule has 0 aliphatic heterocycles. The molecule has 0 bridgehead atoms. The zero-order valence-electron chi connectivity index (χ0n) is 6.45. The van der Waals surface area contributed by atoms with Crippen LogP contribution in [0.15, 0.2) is 33.4 Å². The number of carbonyl (C=O) groups is 1. The second kappa shape index (κ2) is 2.88. The van der Waals surface area contributed by atoms with Crippen molar-refractivity contribution in [2.75, 3.05) is 0 Å². The smallest absolute Gasteiger partial charge is 0.372 e. The maximum atomic E-state index is 10.7. The standard InChI is InChI=1S/C9H5BrO3/c10-6-1-2-7-5(3-6)4-13-8(7)9(11)12/h1-4H,(H,11,12). The van der Waals surface area contributed by atoms with Crippen molar-refractivity contribution in [1.82, 2.24) is 0 Å². The molecule has 2 rings (SSSR count). The number of rotatable bonds is 1. The van der Waals surface area contributed by atoms with Gasteiger partial charge in [0.15, 0.2) is 0 Å². The predicted octanol–water partition coefficient (Wildman–Crippen LogP) is 2.89. The molecule has 4 heteroatoms. The third kappa shape index (κ3) is 1.33. The summed E-state index contributed by atoms with van der Waals surface area (Å²) in [6, 6.07) is 5.31. The molecule has 0 fully saturated rings. The van der Waals surface area contributed by atoms with Gasteiger partial charge in [0.05, 0.1) is 6.26 Å². The Bertz CT molecular complexity index is 473. The maximum absolute atomic E-state index is 10.7. The van der Waals surface area contributed by atoms with Crippen LogP contribution < -0.4 is 0 Å². The van der Waals surface area contributed by atoms with Crippen LogP contribution in [0.3, 0.4) is 0 Å². The molecular weight excluding hydrogens is 236 g/mol. The van der Waals surface area contributed by atoms with Gasteiger partial charge in [0, 0.05) is 15.2 Å². The molecule has 1 aromatic carbocycles. The number of halogens is 1. The van der Waals surface area contributed by atoms with Crippen molar-refractivity contribution in [1.29, 1.82) is 0 Å². The Hall–Kier alpha value is -1.29. The first kappa shape index (κ1) is 8.31. The summed E-state index contributed by atoms with van der Waals surface area (Å²) in [6.07, 6.45) is 1.43. The van der Waals surface area contributed by atoms with Gasteiger partial charge in [0.2, 0.25) is 5.76 Å². The fraction of sp³-hybridized carbons (Fsp3) is 0. The Morgan fingerprint density at radius 3 is 2.92 bits per heavy atom. The Morgan fingerprint density at radius 2 is 2.23 bits per heavy atom. The number of benzene rings is 1. The zero-order valence-corrected chi connectivity index (χ0v) is 8.04. The van der Waals surface area contributed by atoms with Gasteiger partial charge in [0.1, 0.15) is 0 Å². The van der Waals surface area contributed by atoms with Crippen molar-refractivity contribution in [3.8, 4) is 0 Å². The third-order valence-corrected chi connectivity index (χ3v) is 2.25. The lowest BCUT2D eigenvalue weighted by atomic mass is 10.2. The molecule has 66 valence electrons. The van der Waals surface area contributed by atoms with E-state index in [9.17, 15) is 4.79 Å². The molecule has 0 spiro atoms. The minimum Gasteiger partial charge on any atom is -0.475 e. The van der Waals surface area contributed by atoms with Crippen molar-refractivity contribution in [3.63, 3.8) is 0 Å². The van der Waals surface area contributed by atoms with Crippen LogP contribution in [0.2, 0.25) is 0 Å². The molecule has 2 aromatic rings. The Balaban J connectivity index is 2.76. The van der Waals surface area contributed by atoms with E-state index >= 15 is 0 Å². The quantitative estimate of drug-likeness (QED) is 0.834. The number of fused-ring (bicyclic) bond motifs is 1. The van der Waals surface area contributed by atoms with Gasteiger partial charge in [-0.25, -0.2) is 4.79 Å². The SMILES string of the molecule is O=C(O)c1occ2cc(Br)ccc12. The predicted molar refractivity (Wildman–Crippen MR) is 50.9 cm³/mol. The summed E-state index contributed by atoms with van der Waals surface area (Å²) in [5.41, 5.74) is 0. The Kier molecular flexibility index (Phi) is 1.84. The molecule has 0 radical (unpaired) electrons. The summed E-state index contributed by atoms with van der Waals surface area (Å²) in [5.74, 6) is -1.06. The van der Waals surface area contributed by atoms with Crippen molar-refractivity contribution >= 4 is 32.7 Å². The summed E-state index contributed by atoms with van der Waals surface area (Å²) < 4.78 is 5.81. The molecule has 0 aliphatic rings. The molecule has 0 atom stereocenters. The topological polar surface area (TPSA) is 50.4 Å². The summed E-state index contributed by atoms with van der Waals surface area (Å²) in [5, 5.41) is 10.1. The average molecular weight is 241 g/mol. The van der Waals surface area contributed by atoms with Crippen LogP contribution in [0.1, 0.15) is 10.6 Å². The summed E-state index contributed by atoms with van der Waals surface area (Å²) in [6.45, 7) is 0. The van der Waals surface area contributed by atoms with Gasteiger partial charge < -0.3 is 9.52 Å². The number of furan rings is 1. The van der Waals surface area contributed by atoms with Crippen LogP contribution in [-0.4, -0.2) is 11.1 Å². The number of aromatic carboxylic acids is 1. The molecule has 0 unspecified atom stereocenters. The monoisotopic (exact) mass is 240 g/mol. The van der Waals surface area contributed by atoms with Gasteiger partial charge in [0.25, 0.3) is 0 Å². The number of hydrogen-bond donors (Lipinski definition) is 1. The highest BCUT2D eigenvalue weighted by Gasteiger charge is 2.12. The molecule has 0 saturated carbocycles. The maximum Gasteiger partial charge on any atom is 0.372 e. The fourth-order valence-electron chi connectivity index (χ4n) is 1.19. The van der Waals surface area contributed by atoms with E-state index in [1.54, 1.807) is 12.1 Å². The van der Waals surface area contributed by atoms with Gasteiger partial charge in [-0.15, -0.1) is 0 Å². The normalized spacial score (nSPS) is 10.5. The lowest BCUT2D eigenvalue weighted by molar-refractivity contribution is 0.0665. The third-order valence-electron chi connectivity index (χ3n) is 1.76. The number of carboxylic acid groups (broad SMARTS) is 1.